The number of halogens is 1. The van der Waals surface area contributed by atoms with Gasteiger partial charge in [0.15, 0.2) is 0 Å². The Balaban J connectivity index is 2.13. The van der Waals surface area contributed by atoms with Gasteiger partial charge in [-0.1, -0.05) is 35.2 Å². The summed E-state index contributed by atoms with van der Waals surface area (Å²) in [6, 6.07) is 0. The molecule has 0 radical (unpaired) electrons. The molecule has 0 aromatic heterocycles. The fraction of sp³-hybridized carbons (Fsp3) is 0.900. The van der Waals surface area contributed by atoms with E-state index in [2.05, 4.69) is 21.2 Å². The minimum absolute atomic E-state index is 0.278. The van der Waals surface area contributed by atoms with E-state index < -0.39 is 0 Å². The molecule has 0 heterocycles. The average Bonchev–Trinajstić information content (AvgIpc) is 2.19. The number of hydrogen-bond donors (Lipinski definition) is 1. The third kappa shape index (κ3) is 4.12. The van der Waals surface area contributed by atoms with E-state index in [-0.39, 0.29) is 5.91 Å². The summed E-state index contributed by atoms with van der Waals surface area (Å²) in [6.07, 6.45) is 7.00. The van der Waals surface area contributed by atoms with Gasteiger partial charge in [-0.15, -0.1) is 0 Å². The Morgan fingerprint density at radius 3 is 2.62 bits per heavy atom. The number of carbonyl (C=O) groups excluding carboxylic acids is 1. The van der Waals surface area contributed by atoms with Gasteiger partial charge in [0, 0.05) is 17.8 Å². The second-order valence-corrected chi connectivity index (χ2v) is 4.46. The lowest BCUT2D eigenvalue weighted by Crippen LogP contribution is -2.32. The summed E-state index contributed by atoms with van der Waals surface area (Å²) in [7, 11) is 0. The van der Waals surface area contributed by atoms with E-state index in [1.165, 1.54) is 19.3 Å². The topological polar surface area (TPSA) is 29.1 Å². The Kier molecular flexibility index (Phi) is 5.44. The molecule has 1 fully saturated rings. The quantitative estimate of drug-likeness (QED) is 0.601. The predicted molar refractivity (Wildman–Crippen MR) is 58.0 cm³/mol. The number of carbonyl (C=O) groups is 1. The molecule has 0 atom stereocenters. The van der Waals surface area contributed by atoms with Gasteiger partial charge in [-0.3, -0.25) is 4.79 Å². The van der Waals surface area contributed by atoms with Gasteiger partial charge < -0.3 is 5.32 Å². The summed E-state index contributed by atoms with van der Waals surface area (Å²) in [5, 5.41) is 3.95. The molecule has 1 saturated carbocycles. The monoisotopic (exact) mass is 247 g/mol. The molecular formula is C10H18BrNO. The van der Waals surface area contributed by atoms with Crippen LogP contribution in [0.4, 0.5) is 0 Å². The summed E-state index contributed by atoms with van der Waals surface area (Å²) in [5.74, 6) is 0.588. The van der Waals surface area contributed by atoms with E-state index >= 15 is 0 Å². The third-order valence-electron chi connectivity index (χ3n) is 2.59. The fourth-order valence-corrected chi connectivity index (χ4v) is 2.07. The maximum absolute atomic E-state index is 11.5. The van der Waals surface area contributed by atoms with Crippen LogP contribution in [-0.2, 0) is 4.79 Å². The van der Waals surface area contributed by atoms with Crippen molar-refractivity contribution in [3.63, 3.8) is 0 Å². The molecular weight excluding hydrogens is 230 g/mol. The zero-order valence-electron chi connectivity index (χ0n) is 8.02. The van der Waals surface area contributed by atoms with E-state index in [0.717, 1.165) is 31.1 Å². The van der Waals surface area contributed by atoms with Crippen LogP contribution in [0.3, 0.4) is 0 Å². The van der Waals surface area contributed by atoms with Crippen LogP contribution in [0.15, 0.2) is 0 Å². The molecule has 3 heteroatoms. The second-order valence-electron chi connectivity index (χ2n) is 3.67. The highest BCUT2D eigenvalue weighted by molar-refractivity contribution is 9.09. The molecule has 76 valence electrons. The lowest BCUT2D eigenvalue weighted by Gasteiger charge is -2.20. The van der Waals surface area contributed by atoms with Crippen LogP contribution in [-0.4, -0.2) is 17.8 Å². The number of rotatable bonds is 4. The molecule has 0 spiro atoms. The summed E-state index contributed by atoms with van der Waals surface area (Å²) in [4.78, 5) is 11.5. The number of alkyl halides is 1. The number of amides is 1. The molecule has 0 saturated heterocycles. The van der Waals surface area contributed by atoms with E-state index in [1.807, 2.05) is 0 Å². The first-order chi connectivity index (χ1) is 6.34. The van der Waals surface area contributed by atoms with Crippen LogP contribution >= 0.6 is 15.9 Å². The van der Waals surface area contributed by atoms with Gasteiger partial charge in [0.2, 0.25) is 5.91 Å². The summed E-state index contributed by atoms with van der Waals surface area (Å²) in [5.41, 5.74) is 0. The second kappa shape index (κ2) is 6.41. The molecule has 0 aliphatic heterocycles. The highest BCUT2D eigenvalue weighted by atomic mass is 79.9. The Morgan fingerprint density at radius 1 is 1.31 bits per heavy atom. The van der Waals surface area contributed by atoms with Crippen LogP contribution in [0, 0.1) is 5.92 Å². The van der Waals surface area contributed by atoms with Gasteiger partial charge in [0.1, 0.15) is 0 Å². The SMILES string of the molecule is O=C(NCCCBr)C1CCCCC1. The van der Waals surface area contributed by atoms with Crippen molar-refractivity contribution in [3.05, 3.63) is 0 Å². The fourth-order valence-electron chi connectivity index (χ4n) is 1.79. The molecule has 0 aromatic rings. The predicted octanol–water partition coefficient (Wildman–Crippen LogP) is 2.47. The maximum Gasteiger partial charge on any atom is 0.223 e. The highest BCUT2D eigenvalue weighted by Gasteiger charge is 2.19. The van der Waals surface area contributed by atoms with Gasteiger partial charge in [0.05, 0.1) is 0 Å². The van der Waals surface area contributed by atoms with Crippen molar-refractivity contribution < 1.29 is 4.79 Å². The van der Waals surface area contributed by atoms with Crippen molar-refractivity contribution in [1.82, 2.24) is 5.32 Å². The van der Waals surface area contributed by atoms with Crippen molar-refractivity contribution in [2.75, 3.05) is 11.9 Å². The van der Waals surface area contributed by atoms with Crippen molar-refractivity contribution in [1.29, 1.82) is 0 Å². The molecule has 1 aliphatic carbocycles. The summed E-state index contributed by atoms with van der Waals surface area (Å²) < 4.78 is 0. The van der Waals surface area contributed by atoms with Crippen molar-refractivity contribution in [2.24, 2.45) is 5.92 Å². The first-order valence-electron chi connectivity index (χ1n) is 5.18. The van der Waals surface area contributed by atoms with Gasteiger partial charge in [-0.25, -0.2) is 0 Å². The van der Waals surface area contributed by atoms with Crippen LogP contribution in [0.25, 0.3) is 0 Å². The third-order valence-corrected chi connectivity index (χ3v) is 3.15. The standard InChI is InChI=1S/C10H18BrNO/c11-7-4-8-12-10(13)9-5-2-1-3-6-9/h9H,1-8H2,(H,12,13). The Morgan fingerprint density at radius 2 is 2.00 bits per heavy atom. The molecule has 0 unspecified atom stereocenters. The van der Waals surface area contributed by atoms with Gasteiger partial charge in [-0.2, -0.15) is 0 Å². The Hall–Kier alpha value is -0.0500. The zero-order chi connectivity index (χ0) is 9.52. The van der Waals surface area contributed by atoms with Gasteiger partial charge in [-0.05, 0) is 19.3 Å². The lowest BCUT2D eigenvalue weighted by atomic mass is 9.89. The molecule has 0 aromatic carbocycles. The van der Waals surface area contributed by atoms with Crippen molar-refractivity contribution >= 4 is 21.8 Å². The van der Waals surface area contributed by atoms with E-state index in [0.29, 0.717) is 5.92 Å². The normalized spacial score (nSPS) is 18.5. The first kappa shape index (κ1) is 11.0. The van der Waals surface area contributed by atoms with Crippen LogP contribution in [0.2, 0.25) is 0 Å². The van der Waals surface area contributed by atoms with Crippen LogP contribution in [0.5, 0.6) is 0 Å². The Bertz CT molecular complexity index is 155. The van der Waals surface area contributed by atoms with Gasteiger partial charge >= 0.3 is 0 Å². The summed E-state index contributed by atoms with van der Waals surface area (Å²) in [6.45, 7) is 0.820. The maximum atomic E-state index is 11.5. The minimum atomic E-state index is 0.278. The smallest absolute Gasteiger partial charge is 0.223 e. The van der Waals surface area contributed by atoms with Crippen molar-refractivity contribution in [3.8, 4) is 0 Å². The number of nitrogens with one attached hydrogen (secondary N) is 1. The largest absolute Gasteiger partial charge is 0.356 e. The number of hydrogen-bond acceptors (Lipinski definition) is 1. The zero-order valence-corrected chi connectivity index (χ0v) is 9.61. The van der Waals surface area contributed by atoms with E-state index in [9.17, 15) is 4.79 Å². The van der Waals surface area contributed by atoms with Crippen LogP contribution in [0.1, 0.15) is 38.5 Å². The molecule has 1 N–H and O–H groups in total. The van der Waals surface area contributed by atoms with Crippen molar-refractivity contribution in [2.45, 2.75) is 38.5 Å². The van der Waals surface area contributed by atoms with Crippen LogP contribution < -0.4 is 5.32 Å². The molecule has 1 aliphatic rings. The van der Waals surface area contributed by atoms with E-state index in [4.69, 9.17) is 0 Å². The molecule has 13 heavy (non-hydrogen) atoms. The first-order valence-corrected chi connectivity index (χ1v) is 6.30. The minimum Gasteiger partial charge on any atom is -0.356 e. The average molecular weight is 248 g/mol. The summed E-state index contributed by atoms with van der Waals surface area (Å²) >= 11 is 3.34. The highest BCUT2D eigenvalue weighted by Crippen LogP contribution is 2.23. The van der Waals surface area contributed by atoms with Gasteiger partial charge in [0.25, 0.3) is 0 Å². The molecule has 1 amide bonds. The Labute approximate surface area is 88.6 Å². The molecule has 0 bridgehead atoms. The lowest BCUT2D eigenvalue weighted by molar-refractivity contribution is -0.125. The molecule has 2 nitrogen and oxygen atoms in total. The molecule has 1 rings (SSSR count). The van der Waals surface area contributed by atoms with E-state index in [1.54, 1.807) is 0 Å².